The van der Waals surface area contributed by atoms with Gasteiger partial charge in [-0.25, -0.2) is 0 Å². The van der Waals surface area contributed by atoms with E-state index in [4.69, 9.17) is 10.8 Å². The molecule has 0 aliphatic heterocycles. The highest BCUT2D eigenvalue weighted by Gasteiger charge is 2.06. The van der Waals surface area contributed by atoms with Crippen LogP contribution in [0.4, 0.5) is 11.4 Å². The van der Waals surface area contributed by atoms with Crippen molar-refractivity contribution < 1.29 is 9.90 Å². The second kappa shape index (κ2) is 7.94. The maximum Gasteiger partial charge on any atom is 0.304 e. The molecule has 0 saturated heterocycles. The van der Waals surface area contributed by atoms with Crippen LogP contribution in [0.1, 0.15) is 25.8 Å². The normalized spacial score (nSPS) is 10.4. The number of thioether (sulfide) groups is 1. The van der Waals surface area contributed by atoms with E-state index < -0.39 is 5.97 Å². The van der Waals surface area contributed by atoms with Crippen LogP contribution in [0.3, 0.4) is 0 Å². The molecular weight excluding hydrogens is 260 g/mol. The molecule has 1 aromatic rings. The van der Waals surface area contributed by atoms with Crippen molar-refractivity contribution in [1.29, 1.82) is 0 Å². The molecule has 3 N–H and O–H groups in total. The van der Waals surface area contributed by atoms with Gasteiger partial charge in [-0.2, -0.15) is 11.8 Å². The summed E-state index contributed by atoms with van der Waals surface area (Å²) in [6.45, 7) is 6.16. The van der Waals surface area contributed by atoms with Crippen LogP contribution in [0.5, 0.6) is 0 Å². The van der Waals surface area contributed by atoms with Crippen molar-refractivity contribution >= 4 is 29.1 Å². The average Bonchev–Trinajstić information content (AvgIpc) is 2.38. The molecule has 0 amide bonds. The van der Waals surface area contributed by atoms with E-state index in [0.717, 1.165) is 35.8 Å². The number of nitrogens with zero attached hydrogens (tertiary/aromatic N) is 1. The molecule has 1 rings (SSSR count). The molecule has 0 fully saturated rings. The number of hydrogen-bond acceptors (Lipinski definition) is 4. The SMILES string of the molecule is CCN(CC)c1ccc(CSCCC(=O)O)c(N)c1. The summed E-state index contributed by atoms with van der Waals surface area (Å²) in [5.41, 5.74) is 9.05. The average molecular weight is 282 g/mol. The summed E-state index contributed by atoms with van der Waals surface area (Å²) in [5, 5.41) is 8.57. The van der Waals surface area contributed by atoms with E-state index >= 15 is 0 Å². The topological polar surface area (TPSA) is 66.6 Å². The number of aliphatic carboxylic acids is 1. The fourth-order valence-electron chi connectivity index (χ4n) is 1.84. The van der Waals surface area contributed by atoms with E-state index in [9.17, 15) is 4.79 Å². The summed E-state index contributed by atoms with van der Waals surface area (Å²) >= 11 is 1.60. The monoisotopic (exact) mass is 282 g/mol. The smallest absolute Gasteiger partial charge is 0.304 e. The lowest BCUT2D eigenvalue weighted by atomic mass is 10.1. The number of carboxylic acids is 1. The standard InChI is InChI=1S/C14H22N2O2S/c1-3-16(4-2)12-6-5-11(13(15)9-12)10-19-8-7-14(17)18/h5-6,9H,3-4,7-8,10,15H2,1-2H3,(H,17,18). The molecule has 0 aliphatic carbocycles. The highest BCUT2D eigenvalue weighted by atomic mass is 32.2. The fraction of sp³-hybridized carbons (Fsp3) is 0.500. The van der Waals surface area contributed by atoms with E-state index in [2.05, 4.69) is 24.8 Å². The first-order valence-electron chi connectivity index (χ1n) is 6.51. The summed E-state index contributed by atoms with van der Waals surface area (Å²) in [4.78, 5) is 12.7. The van der Waals surface area contributed by atoms with E-state index in [0.29, 0.717) is 5.75 Å². The third-order valence-electron chi connectivity index (χ3n) is 2.98. The van der Waals surface area contributed by atoms with Gasteiger partial charge in [-0.05, 0) is 31.5 Å². The van der Waals surface area contributed by atoms with Crippen molar-refractivity contribution in [3.8, 4) is 0 Å². The summed E-state index contributed by atoms with van der Waals surface area (Å²) < 4.78 is 0. The Kier molecular flexibility index (Phi) is 6.56. The Morgan fingerprint density at radius 3 is 2.58 bits per heavy atom. The largest absolute Gasteiger partial charge is 0.481 e. The van der Waals surface area contributed by atoms with Gasteiger partial charge < -0.3 is 15.7 Å². The van der Waals surface area contributed by atoms with Gasteiger partial charge in [0.1, 0.15) is 0 Å². The molecule has 19 heavy (non-hydrogen) atoms. The molecule has 0 saturated carbocycles. The van der Waals surface area contributed by atoms with Crippen LogP contribution >= 0.6 is 11.8 Å². The minimum absolute atomic E-state index is 0.197. The first kappa shape index (κ1) is 15.7. The molecule has 0 atom stereocenters. The Labute approximate surface area is 119 Å². The minimum Gasteiger partial charge on any atom is -0.481 e. The summed E-state index contributed by atoms with van der Waals surface area (Å²) in [6, 6.07) is 6.12. The predicted octanol–water partition coefficient (Wildman–Crippen LogP) is 2.82. The molecule has 0 heterocycles. The molecular formula is C14H22N2O2S. The van der Waals surface area contributed by atoms with Crippen LogP contribution in [-0.2, 0) is 10.5 Å². The zero-order valence-electron chi connectivity index (χ0n) is 11.6. The van der Waals surface area contributed by atoms with E-state index in [1.54, 1.807) is 11.8 Å². The Hall–Kier alpha value is -1.36. The van der Waals surface area contributed by atoms with Crippen molar-refractivity contribution in [3.63, 3.8) is 0 Å². The summed E-state index contributed by atoms with van der Waals surface area (Å²) in [5.74, 6) is 0.627. The maximum absolute atomic E-state index is 10.4. The molecule has 0 aromatic heterocycles. The van der Waals surface area contributed by atoms with Gasteiger partial charge in [0.15, 0.2) is 0 Å². The van der Waals surface area contributed by atoms with E-state index in [1.807, 2.05) is 12.1 Å². The van der Waals surface area contributed by atoms with Crippen LogP contribution < -0.4 is 10.6 Å². The van der Waals surface area contributed by atoms with Crippen LogP contribution in [-0.4, -0.2) is 29.9 Å². The quantitative estimate of drug-likeness (QED) is 0.567. The number of nitrogen functional groups attached to an aromatic ring is 1. The first-order valence-corrected chi connectivity index (χ1v) is 7.66. The highest BCUT2D eigenvalue weighted by Crippen LogP contribution is 2.24. The molecule has 0 unspecified atom stereocenters. The van der Waals surface area contributed by atoms with E-state index in [-0.39, 0.29) is 6.42 Å². The predicted molar refractivity (Wildman–Crippen MR) is 82.8 cm³/mol. The van der Waals surface area contributed by atoms with Gasteiger partial charge in [0.05, 0.1) is 6.42 Å². The molecule has 0 spiro atoms. The Bertz CT molecular complexity index is 420. The van der Waals surface area contributed by atoms with Crippen LogP contribution in [0.2, 0.25) is 0 Å². The molecule has 4 nitrogen and oxygen atoms in total. The van der Waals surface area contributed by atoms with Gasteiger partial charge in [0.2, 0.25) is 0 Å². The molecule has 106 valence electrons. The lowest BCUT2D eigenvalue weighted by Gasteiger charge is -2.22. The zero-order valence-corrected chi connectivity index (χ0v) is 12.4. The second-order valence-electron chi connectivity index (χ2n) is 4.25. The molecule has 0 radical (unpaired) electrons. The van der Waals surface area contributed by atoms with Crippen molar-refractivity contribution in [3.05, 3.63) is 23.8 Å². The van der Waals surface area contributed by atoms with Crippen molar-refractivity contribution in [2.75, 3.05) is 29.5 Å². The maximum atomic E-state index is 10.4. The van der Waals surface area contributed by atoms with Gasteiger partial charge in [0.25, 0.3) is 0 Å². The van der Waals surface area contributed by atoms with Crippen LogP contribution in [0.25, 0.3) is 0 Å². The number of anilines is 2. The number of benzene rings is 1. The van der Waals surface area contributed by atoms with Crippen LogP contribution in [0, 0.1) is 0 Å². The number of hydrogen-bond donors (Lipinski definition) is 2. The zero-order chi connectivity index (χ0) is 14.3. The van der Waals surface area contributed by atoms with Gasteiger partial charge in [-0.15, -0.1) is 0 Å². The lowest BCUT2D eigenvalue weighted by Crippen LogP contribution is -2.21. The molecule has 0 bridgehead atoms. The molecule has 0 aliphatic rings. The van der Waals surface area contributed by atoms with Crippen molar-refractivity contribution in [2.45, 2.75) is 26.0 Å². The van der Waals surface area contributed by atoms with Gasteiger partial charge in [0, 0.05) is 36.0 Å². The summed E-state index contributed by atoms with van der Waals surface area (Å²) in [7, 11) is 0. The van der Waals surface area contributed by atoms with Crippen LogP contribution in [0.15, 0.2) is 18.2 Å². The Morgan fingerprint density at radius 1 is 1.37 bits per heavy atom. The number of carboxylic acid groups (broad SMARTS) is 1. The Morgan fingerprint density at radius 2 is 2.05 bits per heavy atom. The fourth-order valence-corrected chi connectivity index (χ4v) is 2.79. The Balaban J connectivity index is 2.59. The third-order valence-corrected chi connectivity index (χ3v) is 3.98. The van der Waals surface area contributed by atoms with Gasteiger partial charge in [-0.3, -0.25) is 4.79 Å². The summed E-state index contributed by atoms with van der Waals surface area (Å²) in [6.07, 6.45) is 0.197. The second-order valence-corrected chi connectivity index (χ2v) is 5.36. The van der Waals surface area contributed by atoms with E-state index in [1.165, 1.54) is 0 Å². The first-order chi connectivity index (χ1) is 9.08. The minimum atomic E-state index is -0.752. The number of nitrogens with two attached hydrogens (primary N) is 1. The van der Waals surface area contributed by atoms with Gasteiger partial charge >= 0.3 is 5.97 Å². The van der Waals surface area contributed by atoms with Gasteiger partial charge in [-0.1, -0.05) is 6.07 Å². The third kappa shape index (κ3) is 5.03. The molecule has 1 aromatic carbocycles. The van der Waals surface area contributed by atoms with Crippen molar-refractivity contribution in [1.82, 2.24) is 0 Å². The lowest BCUT2D eigenvalue weighted by molar-refractivity contribution is -0.136. The highest BCUT2D eigenvalue weighted by molar-refractivity contribution is 7.98. The number of carbonyl (C=O) groups is 1. The van der Waals surface area contributed by atoms with Crippen molar-refractivity contribution in [2.24, 2.45) is 0 Å². The number of rotatable bonds is 8. The molecule has 5 heteroatoms.